The molecule has 12 heteroatoms. The van der Waals surface area contributed by atoms with Crippen LogP contribution in [0.2, 0.25) is 0 Å². The molecular weight excluding hydrogens is 332 g/mol. The van der Waals surface area contributed by atoms with Crippen LogP contribution in [0.5, 0.6) is 0 Å². The number of hydrogen-bond donors (Lipinski definition) is 2. The van der Waals surface area contributed by atoms with E-state index in [-0.39, 0.29) is 12.4 Å². The lowest BCUT2D eigenvalue weighted by molar-refractivity contribution is -0.123. The van der Waals surface area contributed by atoms with Crippen molar-refractivity contribution in [3.63, 3.8) is 0 Å². The predicted molar refractivity (Wildman–Crippen MR) is 83.6 cm³/mol. The van der Waals surface area contributed by atoms with E-state index in [1.165, 1.54) is 10.8 Å². The summed E-state index contributed by atoms with van der Waals surface area (Å²) in [5, 5.41) is 20.7. The lowest BCUT2D eigenvalue weighted by atomic mass is 9.87. The Morgan fingerprint density at radius 1 is 1.64 bits per heavy atom. The van der Waals surface area contributed by atoms with Crippen molar-refractivity contribution in [3.8, 4) is 0 Å². The Kier molecular flexibility index (Phi) is 4.68. The lowest BCUT2D eigenvalue weighted by Crippen LogP contribution is -2.48. The van der Waals surface area contributed by atoms with Crippen molar-refractivity contribution in [2.75, 3.05) is 6.61 Å². The van der Waals surface area contributed by atoms with Crippen LogP contribution >= 0.6 is 0 Å². The summed E-state index contributed by atoms with van der Waals surface area (Å²) in [7, 11) is 0. The van der Waals surface area contributed by atoms with Crippen LogP contribution in [-0.2, 0) is 16.0 Å². The highest BCUT2D eigenvalue weighted by atomic mass is 16.6. The van der Waals surface area contributed by atoms with Gasteiger partial charge in [0.05, 0.1) is 13.2 Å². The number of aliphatic hydroxyl groups excluding tert-OH is 1. The largest absolute Gasteiger partial charge is 0.387 e. The Labute approximate surface area is 141 Å². The van der Waals surface area contributed by atoms with Gasteiger partial charge in [0, 0.05) is 23.1 Å². The number of nitrogens with two attached hydrogens (primary N) is 1. The molecule has 2 bridgehead atoms. The molecule has 25 heavy (non-hydrogen) atoms. The van der Waals surface area contributed by atoms with E-state index in [9.17, 15) is 9.90 Å². The third-order valence-electron chi connectivity index (χ3n) is 4.66. The molecule has 12 nitrogen and oxygen atoms in total. The van der Waals surface area contributed by atoms with Crippen LogP contribution in [0.3, 0.4) is 0 Å². The van der Waals surface area contributed by atoms with E-state index in [0.717, 1.165) is 0 Å². The van der Waals surface area contributed by atoms with Crippen molar-refractivity contribution in [1.29, 1.82) is 0 Å². The zero-order chi connectivity index (χ0) is 18.0. The van der Waals surface area contributed by atoms with Crippen molar-refractivity contribution in [3.05, 3.63) is 32.7 Å². The normalized spacial score (nSPS) is 31.2. The molecule has 4 atom stereocenters. The minimum atomic E-state index is -0.855. The van der Waals surface area contributed by atoms with Crippen LogP contribution in [0.15, 0.2) is 26.4 Å². The molecular formula is C13H18N8O4. The van der Waals surface area contributed by atoms with Crippen molar-refractivity contribution in [1.82, 2.24) is 9.55 Å². The quantitative estimate of drug-likeness (QED) is 0.261. The topological polar surface area (TPSA) is 173 Å². The summed E-state index contributed by atoms with van der Waals surface area (Å²) >= 11 is 0. The number of nitrogens with zero attached hydrogens (tertiary/aromatic N) is 7. The molecule has 134 valence electrons. The highest BCUT2D eigenvalue weighted by Crippen LogP contribution is 2.45. The van der Waals surface area contributed by atoms with Gasteiger partial charge in [-0.1, -0.05) is 17.3 Å². The van der Waals surface area contributed by atoms with Gasteiger partial charge < -0.3 is 20.4 Å². The average Bonchev–Trinajstić information content (AvgIpc) is 2.77. The first-order valence-corrected chi connectivity index (χ1v) is 7.77. The maximum absolute atomic E-state index is 12.4. The minimum absolute atomic E-state index is 0.0382. The number of aromatic nitrogens is 2. The van der Waals surface area contributed by atoms with E-state index < -0.39 is 29.7 Å². The van der Waals surface area contributed by atoms with Gasteiger partial charge in [0.1, 0.15) is 17.8 Å². The van der Waals surface area contributed by atoms with Gasteiger partial charge in [0.2, 0.25) is 0 Å². The first-order chi connectivity index (χ1) is 12.1. The monoisotopic (exact) mass is 350 g/mol. The summed E-state index contributed by atoms with van der Waals surface area (Å²) in [6, 6.07) is 0. The molecule has 0 radical (unpaired) electrons. The molecule has 0 saturated carbocycles. The summed E-state index contributed by atoms with van der Waals surface area (Å²) in [4.78, 5) is 18.9. The van der Waals surface area contributed by atoms with Gasteiger partial charge in [0.25, 0.3) is 0 Å². The van der Waals surface area contributed by atoms with E-state index in [1.807, 2.05) is 6.92 Å². The molecule has 0 amide bonds. The summed E-state index contributed by atoms with van der Waals surface area (Å²) in [5.41, 5.74) is 7.45. The number of azide groups is 1. The summed E-state index contributed by atoms with van der Waals surface area (Å²) in [5.74, 6) is 4.98. The maximum atomic E-state index is 12.4. The smallest absolute Gasteiger partial charge is 0.351 e. The van der Waals surface area contributed by atoms with Crippen molar-refractivity contribution < 1.29 is 14.6 Å². The molecule has 3 rings (SSSR count). The highest BCUT2D eigenvalue weighted by molar-refractivity contribution is 5.35. The van der Waals surface area contributed by atoms with E-state index in [2.05, 4.69) is 25.3 Å². The molecule has 0 aliphatic carbocycles. The van der Waals surface area contributed by atoms with Gasteiger partial charge in [-0.2, -0.15) is 4.98 Å². The van der Waals surface area contributed by atoms with Crippen LogP contribution in [0, 0.1) is 0 Å². The van der Waals surface area contributed by atoms with Crippen LogP contribution < -0.4 is 11.5 Å². The average molecular weight is 350 g/mol. The van der Waals surface area contributed by atoms with Gasteiger partial charge in [0.15, 0.2) is 12.0 Å². The SMILES string of the molecule is CC[C@]12CCO[C@@H](C1O)[C@H](n1cc(CN=[N+]=[N-])c(N=NN)nc1=O)O2. The Bertz CT molecular complexity index is 789. The molecule has 1 aromatic heterocycles. The van der Waals surface area contributed by atoms with E-state index >= 15 is 0 Å². The Hall–Kier alpha value is -2.53. The lowest BCUT2D eigenvalue weighted by Gasteiger charge is -2.34. The second-order valence-corrected chi connectivity index (χ2v) is 5.84. The number of aliphatic hydroxyl groups is 1. The second kappa shape index (κ2) is 6.76. The molecule has 1 aromatic rings. The molecule has 3 N–H and O–H groups in total. The number of ether oxygens (including phenoxy) is 2. The van der Waals surface area contributed by atoms with Gasteiger partial charge in [-0.05, 0) is 12.0 Å². The van der Waals surface area contributed by atoms with Crippen LogP contribution in [0.1, 0.15) is 31.6 Å². The standard InChI is InChI=1S/C13H18N8O4/c1-2-13-3-4-24-8(9(13)22)11(25-13)21-6-7(5-16-19-14)10(18-20-15)17-12(21)23/h6,8-9,11,22H,2-5H2,1H3,(H2,15,17,18,23)/t8-,9?,11+,13-/m0/s1. The van der Waals surface area contributed by atoms with Gasteiger partial charge in [-0.15, -0.1) is 5.11 Å². The summed E-state index contributed by atoms with van der Waals surface area (Å²) < 4.78 is 12.9. The molecule has 2 aliphatic heterocycles. The Morgan fingerprint density at radius 3 is 3.08 bits per heavy atom. The predicted octanol–water partition coefficient (Wildman–Crippen LogP) is 0.838. The van der Waals surface area contributed by atoms with Gasteiger partial charge in [-0.25, -0.2) is 4.79 Å². The van der Waals surface area contributed by atoms with Crippen molar-refractivity contribution in [2.24, 2.45) is 21.3 Å². The van der Waals surface area contributed by atoms with Crippen LogP contribution in [0.4, 0.5) is 5.82 Å². The Morgan fingerprint density at radius 2 is 2.44 bits per heavy atom. The number of rotatable bonds is 5. The molecule has 2 aliphatic rings. The summed E-state index contributed by atoms with van der Waals surface area (Å²) in [6.07, 6.45) is 0.141. The second-order valence-electron chi connectivity index (χ2n) is 5.84. The fraction of sp³-hybridized carbons (Fsp3) is 0.692. The third-order valence-corrected chi connectivity index (χ3v) is 4.66. The molecule has 3 heterocycles. The van der Waals surface area contributed by atoms with Gasteiger partial charge >= 0.3 is 5.69 Å². The summed E-state index contributed by atoms with van der Waals surface area (Å²) in [6.45, 7) is 2.24. The zero-order valence-electron chi connectivity index (χ0n) is 13.5. The highest BCUT2D eigenvalue weighted by Gasteiger charge is 2.57. The minimum Gasteiger partial charge on any atom is -0.387 e. The molecule has 2 saturated heterocycles. The van der Waals surface area contributed by atoms with Crippen LogP contribution in [-0.4, -0.2) is 39.1 Å². The Balaban J connectivity index is 2.05. The molecule has 1 unspecified atom stereocenters. The van der Waals surface area contributed by atoms with Crippen LogP contribution in [0.25, 0.3) is 10.4 Å². The van der Waals surface area contributed by atoms with E-state index in [4.69, 9.17) is 20.8 Å². The fourth-order valence-corrected chi connectivity index (χ4v) is 3.31. The number of fused-ring (bicyclic) bond motifs is 2. The fourth-order valence-electron chi connectivity index (χ4n) is 3.31. The van der Waals surface area contributed by atoms with Gasteiger partial charge in [-0.3, -0.25) is 4.57 Å². The molecule has 2 fully saturated rings. The maximum Gasteiger partial charge on any atom is 0.351 e. The number of hydrogen-bond acceptors (Lipinski definition) is 8. The van der Waals surface area contributed by atoms with E-state index in [1.54, 1.807) is 0 Å². The van der Waals surface area contributed by atoms with Crippen molar-refractivity contribution >= 4 is 5.82 Å². The molecule has 0 spiro atoms. The first kappa shape index (κ1) is 17.3. The first-order valence-electron chi connectivity index (χ1n) is 7.77. The third kappa shape index (κ3) is 2.85. The van der Waals surface area contributed by atoms with Crippen molar-refractivity contribution in [2.45, 2.75) is 50.3 Å². The molecule has 0 aromatic carbocycles. The zero-order valence-corrected chi connectivity index (χ0v) is 13.5. The van der Waals surface area contributed by atoms with E-state index in [0.29, 0.717) is 25.0 Å².